The highest BCUT2D eigenvalue weighted by molar-refractivity contribution is 7.17. The topological polar surface area (TPSA) is 39.2 Å². The number of ether oxygens (including phenoxy) is 1. The molecule has 0 saturated heterocycles. The third-order valence-corrected chi connectivity index (χ3v) is 3.60. The quantitative estimate of drug-likeness (QED) is 0.618. The van der Waals surface area contributed by atoms with Crippen LogP contribution in [0.4, 0.5) is 0 Å². The lowest BCUT2D eigenvalue weighted by Crippen LogP contribution is -2.08. The second-order valence-electron chi connectivity index (χ2n) is 4.09. The molecular weight excluding hydrogens is 270 g/mol. The molecule has 0 bridgehead atoms. The van der Waals surface area contributed by atoms with Crippen LogP contribution in [0.3, 0.4) is 0 Å². The van der Waals surface area contributed by atoms with E-state index < -0.39 is 5.97 Å². The van der Waals surface area contributed by atoms with Gasteiger partial charge in [-0.3, -0.25) is 0 Å². The Morgan fingerprint density at radius 1 is 1.22 bits per heavy atom. The second kappa shape index (κ2) is 5.08. The molecule has 5 heteroatoms. The molecule has 0 aliphatic rings. The van der Waals surface area contributed by atoms with E-state index in [2.05, 4.69) is 4.98 Å². The summed E-state index contributed by atoms with van der Waals surface area (Å²) in [6.07, 6.45) is 0. The van der Waals surface area contributed by atoms with Crippen LogP contribution in [-0.4, -0.2) is 11.0 Å². The van der Waals surface area contributed by atoms with E-state index in [-0.39, 0.29) is 0 Å². The Kier molecular flexibility index (Phi) is 3.68. The monoisotopic (exact) mass is 281 g/mol. The van der Waals surface area contributed by atoms with Crippen LogP contribution in [0.2, 0.25) is 4.47 Å². The van der Waals surface area contributed by atoms with Crippen molar-refractivity contribution in [1.82, 2.24) is 4.98 Å². The number of aromatic nitrogens is 1. The van der Waals surface area contributed by atoms with Crippen molar-refractivity contribution >= 4 is 28.9 Å². The van der Waals surface area contributed by atoms with Crippen LogP contribution < -0.4 is 4.74 Å². The van der Waals surface area contributed by atoms with Gasteiger partial charge >= 0.3 is 5.97 Å². The summed E-state index contributed by atoms with van der Waals surface area (Å²) in [6.45, 7) is 5.65. The van der Waals surface area contributed by atoms with Gasteiger partial charge in [-0.15, -0.1) is 0 Å². The van der Waals surface area contributed by atoms with Crippen molar-refractivity contribution in [3.63, 3.8) is 0 Å². The summed E-state index contributed by atoms with van der Waals surface area (Å²) in [4.78, 5) is 16.4. The summed E-state index contributed by atoms with van der Waals surface area (Å²) in [5.41, 5.74) is 2.70. The molecule has 0 saturated carbocycles. The minimum absolute atomic E-state index is 0.347. The maximum absolute atomic E-state index is 12.0. The van der Waals surface area contributed by atoms with Gasteiger partial charge in [0.05, 0.1) is 5.69 Å². The highest BCUT2D eigenvalue weighted by atomic mass is 35.5. The number of thiazole rings is 1. The highest BCUT2D eigenvalue weighted by Gasteiger charge is 2.16. The summed E-state index contributed by atoms with van der Waals surface area (Å²) >= 11 is 6.89. The number of esters is 1. The minimum atomic E-state index is -0.415. The molecule has 0 amide bonds. The normalized spacial score (nSPS) is 10.4. The number of rotatable bonds is 2. The van der Waals surface area contributed by atoms with Gasteiger partial charge in [-0.1, -0.05) is 29.0 Å². The molecule has 0 N–H and O–H groups in total. The number of aryl methyl sites for hydroxylation is 3. The van der Waals surface area contributed by atoms with Crippen molar-refractivity contribution in [2.75, 3.05) is 0 Å². The van der Waals surface area contributed by atoms with Crippen molar-refractivity contribution in [3.8, 4) is 5.75 Å². The Morgan fingerprint density at radius 2 is 1.83 bits per heavy atom. The Balaban J connectivity index is 2.23. The molecular formula is C13H12ClNO2S. The first-order valence-electron chi connectivity index (χ1n) is 5.39. The summed E-state index contributed by atoms with van der Waals surface area (Å²) in [6, 6.07) is 5.66. The lowest BCUT2D eigenvalue weighted by Gasteiger charge is -2.05. The van der Waals surface area contributed by atoms with Crippen molar-refractivity contribution in [3.05, 3.63) is 44.4 Å². The Morgan fingerprint density at radius 3 is 2.33 bits per heavy atom. The van der Waals surface area contributed by atoms with E-state index in [4.69, 9.17) is 16.3 Å². The zero-order chi connectivity index (χ0) is 13.3. The molecule has 0 aliphatic carbocycles. The second-order valence-corrected chi connectivity index (χ2v) is 5.68. The molecule has 94 valence electrons. The first-order chi connectivity index (χ1) is 8.45. The van der Waals surface area contributed by atoms with E-state index in [0.717, 1.165) is 22.5 Å². The maximum Gasteiger partial charge on any atom is 0.355 e. The number of halogens is 1. The molecule has 18 heavy (non-hydrogen) atoms. The van der Waals surface area contributed by atoms with Gasteiger partial charge in [-0.25, -0.2) is 9.78 Å². The first kappa shape index (κ1) is 13.1. The summed E-state index contributed by atoms with van der Waals surface area (Å²) < 4.78 is 5.68. The molecule has 0 atom stereocenters. The molecule has 0 unspecified atom stereocenters. The predicted molar refractivity (Wildman–Crippen MR) is 72.7 cm³/mol. The van der Waals surface area contributed by atoms with Gasteiger partial charge in [0.1, 0.15) is 10.6 Å². The molecule has 1 aromatic heterocycles. The van der Waals surface area contributed by atoms with Crippen LogP contribution in [-0.2, 0) is 0 Å². The van der Waals surface area contributed by atoms with E-state index in [1.165, 1.54) is 0 Å². The fourth-order valence-corrected chi connectivity index (χ4v) is 2.73. The fourth-order valence-electron chi connectivity index (χ4n) is 1.70. The van der Waals surface area contributed by atoms with Crippen LogP contribution in [0.5, 0.6) is 5.75 Å². The van der Waals surface area contributed by atoms with E-state index in [1.807, 2.05) is 32.0 Å². The minimum Gasteiger partial charge on any atom is -0.422 e. The van der Waals surface area contributed by atoms with Crippen LogP contribution in [0, 0.1) is 20.8 Å². The molecule has 0 aliphatic heterocycles. The van der Waals surface area contributed by atoms with Crippen molar-refractivity contribution in [2.45, 2.75) is 20.8 Å². The zero-order valence-electron chi connectivity index (χ0n) is 10.3. The lowest BCUT2D eigenvalue weighted by molar-refractivity contribution is 0.0739. The van der Waals surface area contributed by atoms with Gasteiger partial charge in [0, 0.05) is 0 Å². The van der Waals surface area contributed by atoms with Crippen molar-refractivity contribution < 1.29 is 9.53 Å². The van der Waals surface area contributed by atoms with E-state index in [0.29, 0.717) is 20.8 Å². The SMILES string of the molecule is Cc1cc(C)cc(OC(=O)c2sc(Cl)nc2C)c1. The lowest BCUT2D eigenvalue weighted by atomic mass is 10.1. The average molecular weight is 282 g/mol. The summed E-state index contributed by atoms with van der Waals surface area (Å²) in [5, 5.41) is 0. The van der Waals surface area contributed by atoms with Gasteiger partial charge in [0.15, 0.2) is 4.47 Å². The van der Waals surface area contributed by atoms with Gasteiger partial charge in [0.2, 0.25) is 0 Å². The Hall–Kier alpha value is -1.39. The molecule has 0 spiro atoms. The van der Waals surface area contributed by atoms with E-state index >= 15 is 0 Å². The van der Waals surface area contributed by atoms with Gasteiger partial charge < -0.3 is 4.74 Å². The van der Waals surface area contributed by atoms with Crippen molar-refractivity contribution in [1.29, 1.82) is 0 Å². The number of benzene rings is 1. The number of hydrogen-bond donors (Lipinski definition) is 0. The van der Waals surface area contributed by atoms with E-state index in [9.17, 15) is 4.79 Å². The first-order valence-corrected chi connectivity index (χ1v) is 6.58. The smallest absolute Gasteiger partial charge is 0.355 e. The molecule has 0 fully saturated rings. The third kappa shape index (κ3) is 2.89. The molecule has 3 nitrogen and oxygen atoms in total. The van der Waals surface area contributed by atoms with Crippen LogP contribution in [0.25, 0.3) is 0 Å². The van der Waals surface area contributed by atoms with Gasteiger partial charge in [-0.2, -0.15) is 0 Å². The summed E-state index contributed by atoms with van der Waals surface area (Å²) in [7, 11) is 0. The van der Waals surface area contributed by atoms with Gasteiger partial charge in [0.25, 0.3) is 0 Å². The average Bonchev–Trinajstić information content (AvgIpc) is 2.56. The van der Waals surface area contributed by atoms with Crippen LogP contribution in [0.15, 0.2) is 18.2 Å². The Bertz CT molecular complexity index is 587. The molecule has 1 heterocycles. The molecule has 2 aromatic rings. The van der Waals surface area contributed by atoms with Crippen LogP contribution in [0.1, 0.15) is 26.5 Å². The van der Waals surface area contributed by atoms with E-state index in [1.54, 1.807) is 6.92 Å². The number of carbonyl (C=O) groups is 1. The molecule has 0 radical (unpaired) electrons. The van der Waals surface area contributed by atoms with Crippen LogP contribution >= 0.6 is 22.9 Å². The zero-order valence-corrected chi connectivity index (χ0v) is 11.9. The maximum atomic E-state index is 12.0. The number of hydrogen-bond acceptors (Lipinski definition) is 4. The fraction of sp³-hybridized carbons (Fsp3) is 0.231. The molecule has 1 aromatic carbocycles. The number of carbonyl (C=O) groups excluding carboxylic acids is 1. The predicted octanol–water partition coefficient (Wildman–Crippen LogP) is 3.94. The standard InChI is InChI=1S/C13H12ClNO2S/c1-7-4-8(2)6-10(5-7)17-12(16)11-9(3)15-13(14)18-11/h4-6H,1-3H3. The van der Waals surface area contributed by atoms with Gasteiger partial charge in [-0.05, 0) is 44.0 Å². The molecule has 2 rings (SSSR count). The number of nitrogens with zero attached hydrogens (tertiary/aromatic N) is 1. The summed E-state index contributed by atoms with van der Waals surface area (Å²) in [5.74, 6) is 0.128. The largest absolute Gasteiger partial charge is 0.422 e. The highest BCUT2D eigenvalue weighted by Crippen LogP contribution is 2.24. The van der Waals surface area contributed by atoms with Crippen molar-refractivity contribution in [2.24, 2.45) is 0 Å². The third-order valence-electron chi connectivity index (χ3n) is 2.36. The Labute approximate surface area is 114 Å².